The van der Waals surface area contributed by atoms with Crippen LogP contribution in [0, 0.1) is 11.8 Å². The lowest BCUT2D eigenvalue weighted by molar-refractivity contribution is -0.112. The Balaban J connectivity index is 0.00000104. The Morgan fingerprint density at radius 1 is 0.922 bits per heavy atom. The summed E-state index contributed by atoms with van der Waals surface area (Å²) < 4.78 is 1.79. The van der Waals surface area contributed by atoms with E-state index >= 15 is 0 Å². The maximum atomic E-state index is 13.4. The van der Waals surface area contributed by atoms with Crippen molar-refractivity contribution in [1.82, 2.24) is 35.0 Å². The van der Waals surface area contributed by atoms with E-state index < -0.39 is 0 Å². The number of carbonyl (C=O) groups is 1. The van der Waals surface area contributed by atoms with Crippen LogP contribution < -0.4 is 16.1 Å². The predicted octanol–water partition coefficient (Wildman–Crippen LogP) is 11.2. The molecule has 4 aromatic rings. The van der Waals surface area contributed by atoms with Gasteiger partial charge in [0.1, 0.15) is 17.1 Å². The number of pyridine rings is 1. The van der Waals surface area contributed by atoms with Gasteiger partial charge in [-0.05, 0) is 97.7 Å². The van der Waals surface area contributed by atoms with E-state index in [1.54, 1.807) is 22.5 Å². The van der Waals surface area contributed by atoms with E-state index in [1.807, 2.05) is 129 Å². The number of rotatable bonds is 16. The molecule has 64 heavy (non-hydrogen) atoms. The van der Waals surface area contributed by atoms with Crippen molar-refractivity contribution < 1.29 is 4.79 Å². The number of nitrogens with one attached hydrogen (secondary N) is 2. The molecule has 2 aromatic carbocycles. The molecule has 2 aliphatic rings. The van der Waals surface area contributed by atoms with Crippen LogP contribution >= 0.6 is 0 Å². The number of para-hydroxylation sites is 1. The lowest BCUT2D eigenvalue weighted by atomic mass is 10.1. The van der Waals surface area contributed by atoms with Crippen molar-refractivity contribution in [1.29, 1.82) is 0 Å². The SMILES string of the molecule is C/C=C/N1N=NC(C/C=C(\C)NCCCN2CCN(CCCNc3ccc4nnn5c6ccccc6c(=O)c3c45)CC2)/C1=C/C(C)=O.C=CCC.CC.CC.CC.CC#CC/C=C\C. The van der Waals surface area contributed by atoms with Crippen LogP contribution in [-0.4, -0.2) is 93.8 Å². The number of anilines is 1. The first kappa shape index (κ1) is 56.4. The third-order valence-corrected chi connectivity index (χ3v) is 9.80. The molecule has 12 nitrogen and oxygen atoms in total. The molecule has 0 bridgehead atoms. The number of fused-ring (bicyclic) bond motifs is 2. The average Bonchev–Trinajstić information content (AvgIpc) is 3.94. The van der Waals surface area contributed by atoms with Gasteiger partial charge < -0.3 is 20.4 Å². The third kappa shape index (κ3) is 18.2. The number of benzene rings is 2. The topological polar surface area (TPSA) is 123 Å². The minimum atomic E-state index is -0.147. The number of aromatic nitrogens is 3. The molecule has 1 fully saturated rings. The van der Waals surface area contributed by atoms with Crippen LogP contribution in [0.3, 0.4) is 0 Å². The van der Waals surface area contributed by atoms with Crippen molar-refractivity contribution in [2.24, 2.45) is 10.3 Å². The van der Waals surface area contributed by atoms with E-state index in [9.17, 15) is 9.59 Å². The molecule has 0 radical (unpaired) electrons. The molecule has 2 aromatic heterocycles. The highest BCUT2D eigenvalue weighted by Gasteiger charge is 2.24. The Morgan fingerprint density at radius 3 is 2.16 bits per heavy atom. The summed E-state index contributed by atoms with van der Waals surface area (Å²) in [7, 11) is 0. The lowest BCUT2D eigenvalue weighted by Crippen LogP contribution is -2.47. The van der Waals surface area contributed by atoms with Crippen molar-refractivity contribution in [2.45, 2.75) is 121 Å². The van der Waals surface area contributed by atoms with Gasteiger partial charge in [-0.2, -0.15) is 5.11 Å². The molecule has 0 amide bonds. The Bertz CT molecular complexity index is 2200. The Labute approximate surface area is 385 Å². The van der Waals surface area contributed by atoms with Crippen molar-refractivity contribution in [3.8, 4) is 11.8 Å². The molecule has 0 spiro atoms. The molecule has 12 heteroatoms. The monoisotopic (exact) mass is 877 g/mol. The van der Waals surface area contributed by atoms with Gasteiger partial charge in [0, 0.05) is 74.7 Å². The number of hydrogen-bond acceptors (Lipinski definition) is 11. The normalized spacial score (nSPS) is 15.5. The molecule has 1 saturated heterocycles. The van der Waals surface area contributed by atoms with E-state index in [0.717, 1.165) is 112 Å². The maximum absolute atomic E-state index is 13.4. The largest absolute Gasteiger partial charge is 0.389 e. The van der Waals surface area contributed by atoms with Gasteiger partial charge in [0.25, 0.3) is 0 Å². The minimum absolute atomic E-state index is 0.00473. The highest BCUT2D eigenvalue weighted by molar-refractivity contribution is 6.06. The summed E-state index contributed by atoms with van der Waals surface area (Å²) >= 11 is 0. The number of carbonyl (C=O) groups excluding carboxylic acids is 1. The quantitative estimate of drug-likeness (QED) is 0.0372. The Hall–Kier alpha value is -5.64. The zero-order valence-corrected chi connectivity index (χ0v) is 41.4. The molecule has 6 rings (SSSR count). The van der Waals surface area contributed by atoms with Gasteiger partial charge >= 0.3 is 0 Å². The number of nitrogens with zero attached hydrogens (tertiary/aromatic N) is 8. The first-order valence-corrected chi connectivity index (χ1v) is 23.5. The summed E-state index contributed by atoms with van der Waals surface area (Å²) in [5.74, 6) is 5.71. The van der Waals surface area contributed by atoms with E-state index in [-0.39, 0.29) is 17.3 Å². The number of piperazine rings is 1. The molecule has 0 saturated carbocycles. The smallest absolute Gasteiger partial charge is 0.199 e. The average molecular weight is 877 g/mol. The van der Waals surface area contributed by atoms with E-state index in [1.165, 1.54) is 0 Å². The fourth-order valence-electron chi connectivity index (χ4n) is 6.71. The van der Waals surface area contributed by atoms with E-state index in [2.05, 4.69) is 79.4 Å². The predicted molar refractivity (Wildman–Crippen MR) is 274 cm³/mol. The minimum Gasteiger partial charge on any atom is -0.389 e. The van der Waals surface area contributed by atoms with Crippen molar-refractivity contribution in [2.75, 3.05) is 57.7 Å². The molecule has 4 heterocycles. The van der Waals surface area contributed by atoms with E-state index in [4.69, 9.17) is 0 Å². The molecule has 350 valence electrons. The van der Waals surface area contributed by atoms with Crippen LogP contribution in [-0.2, 0) is 4.79 Å². The molecule has 1 unspecified atom stereocenters. The van der Waals surface area contributed by atoms with Gasteiger partial charge in [0.15, 0.2) is 11.2 Å². The summed E-state index contributed by atoms with van der Waals surface area (Å²) in [4.78, 5) is 30.2. The molecule has 0 aliphatic carbocycles. The highest BCUT2D eigenvalue weighted by atomic mass is 16.1. The standard InChI is InChI=1S/C35H44N10O2.C7H10.C4H8.3C2H6/c1-4-17-44-32(24-26(3)46)28(38-40-44)12-11-25(2)36-15-7-18-42-20-22-43(23-21-42)19-8-16-37-29-13-14-30-34-33(29)35(47)27-9-5-6-10-31(27)45(34)41-39-30;1-3-5-7-6-4-2;1-3-4-2;3*1-2/h4-6,9-11,13-14,17,24,28,36-37H,7-8,12,15-16,18-23H2,1-3H3;3,5H,7H2,1-2H3;3H,1,4H2,2H3;3*1-2H3/b17-4+,25-11+,32-24-;5-3-;;;;. The molecular weight excluding hydrogens is 797 g/mol. The van der Waals surface area contributed by atoms with E-state index in [0.29, 0.717) is 17.2 Å². The van der Waals surface area contributed by atoms with Gasteiger partial charge in [-0.1, -0.05) is 107 Å². The van der Waals surface area contributed by atoms with Crippen LogP contribution in [0.25, 0.3) is 27.3 Å². The summed E-state index contributed by atoms with van der Waals surface area (Å²) in [6.07, 6.45) is 18.1. The fraction of sp³-hybridized carbons (Fsp3) is 0.500. The van der Waals surface area contributed by atoms with Crippen LogP contribution in [0.15, 0.2) is 112 Å². The van der Waals surface area contributed by atoms with Gasteiger partial charge in [0.05, 0.1) is 16.6 Å². The van der Waals surface area contributed by atoms with Gasteiger partial charge in [-0.15, -0.1) is 17.6 Å². The summed E-state index contributed by atoms with van der Waals surface area (Å²) in [5, 5.41) is 27.2. The Morgan fingerprint density at radius 2 is 1.56 bits per heavy atom. The second-order valence-corrected chi connectivity index (χ2v) is 14.2. The first-order chi connectivity index (χ1) is 31.3. The van der Waals surface area contributed by atoms with Crippen molar-refractivity contribution >= 4 is 38.8 Å². The highest BCUT2D eigenvalue weighted by Crippen LogP contribution is 2.28. The number of hydrogen-bond donors (Lipinski definition) is 2. The second-order valence-electron chi connectivity index (χ2n) is 14.2. The maximum Gasteiger partial charge on any atom is 0.199 e. The van der Waals surface area contributed by atoms with Gasteiger partial charge in [-0.3, -0.25) is 9.59 Å². The molecular formula is C52H80N10O2. The van der Waals surface area contributed by atoms with Crippen molar-refractivity contribution in [3.63, 3.8) is 0 Å². The summed E-state index contributed by atoms with van der Waals surface area (Å²) in [6.45, 7) is 35.0. The fourth-order valence-corrected chi connectivity index (χ4v) is 6.71. The molecule has 2 N–H and O–H groups in total. The zero-order valence-electron chi connectivity index (χ0n) is 41.4. The second kappa shape index (κ2) is 33.9. The van der Waals surface area contributed by atoms with Gasteiger partial charge in [0.2, 0.25) is 0 Å². The zero-order chi connectivity index (χ0) is 47.7. The van der Waals surface area contributed by atoms with Crippen molar-refractivity contribution in [3.05, 3.63) is 107 Å². The summed E-state index contributed by atoms with van der Waals surface area (Å²) in [5.41, 5.74) is 5.09. The molecule has 1 atom stereocenters. The van der Waals surface area contributed by atoms with Crippen LogP contribution in [0.4, 0.5) is 5.69 Å². The Kier molecular flexibility index (Phi) is 29.8. The molecule has 2 aliphatic heterocycles. The lowest BCUT2D eigenvalue weighted by Gasteiger charge is -2.34. The number of allylic oxidation sites excluding steroid dienone is 6. The van der Waals surface area contributed by atoms with Gasteiger partial charge in [-0.25, -0.2) is 9.52 Å². The van der Waals surface area contributed by atoms with Crippen LogP contribution in [0.1, 0.15) is 115 Å². The van der Waals surface area contributed by atoms with Crippen LogP contribution in [0.5, 0.6) is 0 Å². The number of ketones is 1. The first-order valence-electron chi connectivity index (χ1n) is 23.5. The summed E-state index contributed by atoms with van der Waals surface area (Å²) in [6, 6.07) is 11.3. The van der Waals surface area contributed by atoms with Crippen LogP contribution in [0.2, 0.25) is 0 Å². The third-order valence-electron chi connectivity index (χ3n) is 9.80.